The van der Waals surface area contributed by atoms with Crippen molar-refractivity contribution >= 4 is 82.3 Å². The van der Waals surface area contributed by atoms with Gasteiger partial charge in [0.1, 0.15) is 89.5 Å². The Kier molecular flexibility index (Phi) is 29.4. The standard InChI is InChI=1S/C77H99Cl2N11O23S/c1-7-8-9-10-11-12-20-114-21-19-84-32-41-47(92)28-40-55(63(41)96)39-23-35(13-16-46(39)91)56-71(102)90-60(74(105)88-58(40)75(106)107)62(95)37-15-18-49(43(79)25-37)110-51-27-38-26-50(66(51)113-76-67(65(98)64(97)52(31-80)111-76)112-54-30-77(5,82)68(99)34(4)108-54)109-48-17-14-36(24-42(48)78)61(94)59(89-69(100)44(83-6)22-33(2)3)73(104)85-45(29-53(81)93)70(101)86-57(38)72(103)87-56/h13-18,23-28,33-34,44-45,52,54,56-62,64-65,67-68,76,83-84,91-92,94-99H,7-12,19-22,29-32,80,82H2,1-6H3,(H2,81,93)(H,85,104)(H,86,101)(H,87,103)(H,88,105)(H,89,100)(H,90,102)(H,106,107)/t34-,44+,45-,52+,54-,56+,57+,58-,59+,60-,61+,62+,64+,65-,67+,68+,76-,77-/m0/s1. The molecule has 2 fully saturated rings. The highest BCUT2D eigenvalue weighted by Gasteiger charge is 2.52. The summed E-state index contributed by atoms with van der Waals surface area (Å²) in [6.45, 7) is 8.48. The molecule has 11 bridgehead atoms. The second-order valence-electron chi connectivity index (χ2n) is 29.6. The predicted octanol–water partition coefficient (Wildman–Crippen LogP) is 3.26. The maximum atomic E-state index is 16.3. The molecule has 7 amide bonds. The number of nitrogens with two attached hydrogens (primary N) is 3. The summed E-state index contributed by atoms with van der Waals surface area (Å²) in [4.78, 5) is 119. The molecule has 5 aromatic rings. The van der Waals surface area contributed by atoms with Crippen LogP contribution in [0.15, 0.2) is 72.8 Å². The number of nitrogens with one attached hydrogen (secondary N) is 8. The van der Waals surface area contributed by atoms with Crippen LogP contribution in [0.4, 0.5) is 0 Å². The molecule has 7 aliphatic rings. The molecular weight excluding hydrogens is 1550 g/mol. The normalized spacial score (nSPS) is 27.5. The number of phenolic OH excluding ortho intramolecular Hbond substituents is 3. The smallest absolute Gasteiger partial charge is 0.330 e. The number of unbranched alkanes of at least 4 members (excludes halogenated alkanes) is 5. The molecule has 23 N–H and O–H groups in total. The number of phenols is 3. The fourth-order valence-electron chi connectivity index (χ4n) is 14.2. The number of rotatable bonds is 25. The predicted molar refractivity (Wildman–Crippen MR) is 414 cm³/mol. The SMILES string of the molecule is CCCCCCCCSCCNCc1c(O)cc2c(c1O)-c1cc(ccc1O)[C@H]1NC(=O)[C@@H]3NC(=O)[C@H](CC(N)=O)NC(=O)[C@H](NC(=O)[C@@H](CC(C)C)NC)[C@H](O)c4ccc(c(Cl)c4)Oc4cc3cc(c4O[C@@H]3O[C@H](CN)[C@@H](O)[C@H](O)[C@H]3O[C@H]3C[C@](C)(N)[C@H](O)[C@H](C)O3)Oc3ccc(cc3Cl)[C@@H](O)[C@H](NC1=O)C(=O)N[C@@H]2C(=O)O. The van der Waals surface area contributed by atoms with Gasteiger partial charge in [-0.3, -0.25) is 33.6 Å². The van der Waals surface area contributed by atoms with Crippen LogP contribution in [-0.4, -0.2) is 204 Å². The summed E-state index contributed by atoms with van der Waals surface area (Å²) in [6, 6.07) is -0.992. The van der Waals surface area contributed by atoms with Crippen LogP contribution >= 0.6 is 35.0 Å². The van der Waals surface area contributed by atoms with E-state index in [9.17, 15) is 65.1 Å². The molecule has 0 unspecified atom stereocenters. The number of thioether (sulfide) groups is 1. The van der Waals surface area contributed by atoms with Gasteiger partial charge in [0.25, 0.3) is 0 Å². The van der Waals surface area contributed by atoms with E-state index in [0.29, 0.717) is 12.3 Å². The molecule has 18 atom stereocenters. The molecular formula is C77H99Cl2N11O23S. The Balaban J connectivity index is 1.19. The van der Waals surface area contributed by atoms with E-state index >= 15 is 19.2 Å². The third-order valence-electron chi connectivity index (χ3n) is 20.5. The molecule has 0 radical (unpaired) electrons. The third kappa shape index (κ3) is 20.3. The topological polar surface area (TPSA) is 548 Å². The average molecular weight is 1650 g/mol. The molecule has 2 saturated heterocycles. The van der Waals surface area contributed by atoms with E-state index in [2.05, 4.69) is 49.5 Å². The van der Waals surface area contributed by atoms with Gasteiger partial charge in [-0.2, -0.15) is 11.8 Å². The lowest BCUT2D eigenvalue weighted by atomic mass is 9.86. The number of aliphatic hydroxyl groups excluding tert-OH is 5. The van der Waals surface area contributed by atoms with Crippen LogP contribution in [-0.2, 0) is 59.1 Å². The zero-order valence-electron chi connectivity index (χ0n) is 63.4. The number of ether oxygens (including phenoxy) is 6. The molecule has 0 spiro atoms. The number of likely N-dealkylation sites (N-methyl/N-ethyl adjacent to an activating group) is 1. The van der Waals surface area contributed by atoms with Gasteiger partial charge in [0, 0.05) is 54.0 Å². The Morgan fingerprint density at radius 1 is 0.719 bits per heavy atom. The number of aliphatic carboxylic acids is 1. The maximum Gasteiger partial charge on any atom is 0.330 e. The molecule has 7 aliphatic heterocycles. The first-order chi connectivity index (χ1) is 54.1. The number of amides is 7. The molecule has 620 valence electrons. The molecule has 37 heteroatoms. The first-order valence-corrected chi connectivity index (χ1v) is 39.4. The zero-order chi connectivity index (χ0) is 82.9. The van der Waals surface area contributed by atoms with Crippen molar-refractivity contribution in [2.45, 2.75) is 208 Å². The Morgan fingerprint density at radius 2 is 1.34 bits per heavy atom. The fraction of sp³-hybridized carbons (Fsp3) is 0.506. The fourth-order valence-corrected chi connectivity index (χ4v) is 15.6. The van der Waals surface area contributed by atoms with Gasteiger partial charge in [0.15, 0.2) is 29.9 Å². The highest BCUT2D eigenvalue weighted by molar-refractivity contribution is 7.99. The number of benzene rings is 5. The van der Waals surface area contributed by atoms with Crippen LogP contribution in [0.1, 0.15) is 156 Å². The minimum Gasteiger partial charge on any atom is -0.507 e. The van der Waals surface area contributed by atoms with Crippen molar-refractivity contribution in [1.29, 1.82) is 0 Å². The van der Waals surface area contributed by atoms with Crippen molar-refractivity contribution in [1.82, 2.24) is 42.5 Å². The van der Waals surface area contributed by atoms with E-state index in [1.807, 2.05) is 13.8 Å². The van der Waals surface area contributed by atoms with Crippen molar-refractivity contribution in [2.75, 3.05) is 31.6 Å². The van der Waals surface area contributed by atoms with Gasteiger partial charge in [0.05, 0.1) is 40.3 Å². The molecule has 0 aliphatic carbocycles. The Bertz CT molecular complexity index is 4380. The molecule has 12 rings (SSSR count). The van der Waals surface area contributed by atoms with Crippen molar-refractivity contribution in [2.24, 2.45) is 23.1 Å². The summed E-state index contributed by atoms with van der Waals surface area (Å²) < 4.78 is 38.9. The van der Waals surface area contributed by atoms with E-state index in [0.717, 1.165) is 98.9 Å². The van der Waals surface area contributed by atoms with Crippen LogP contribution in [0.5, 0.6) is 46.0 Å². The lowest BCUT2D eigenvalue weighted by Crippen LogP contribution is -2.65. The van der Waals surface area contributed by atoms with E-state index < -0.39 is 231 Å². The van der Waals surface area contributed by atoms with Crippen molar-refractivity contribution in [3.63, 3.8) is 0 Å². The van der Waals surface area contributed by atoms with Crippen molar-refractivity contribution < 1.29 is 113 Å². The Morgan fingerprint density at radius 3 is 1.96 bits per heavy atom. The molecule has 0 aromatic heterocycles. The number of primary amides is 1. The van der Waals surface area contributed by atoms with Gasteiger partial charge in [-0.25, -0.2) is 4.79 Å². The summed E-state index contributed by atoms with van der Waals surface area (Å²) in [5.41, 5.74) is 14.2. The number of carbonyl (C=O) groups excluding carboxylic acids is 7. The molecule has 34 nitrogen and oxygen atoms in total. The van der Waals surface area contributed by atoms with E-state index in [1.165, 1.54) is 39.1 Å². The van der Waals surface area contributed by atoms with Crippen molar-refractivity contribution in [3.8, 4) is 57.1 Å². The molecule has 0 saturated carbocycles. The number of hydrogen-bond acceptors (Lipinski definition) is 27. The first-order valence-electron chi connectivity index (χ1n) is 37.5. The van der Waals surface area contributed by atoms with E-state index in [-0.39, 0.29) is 64.1 Å². The van der Waals surface area contributed by atoms with Gasteiger partial charge in [0.2, 0.25) is 53.4 Å². The number of carboxylic acids is 1. The van der Waals surface area contributed by atoms with Crippen LogP contribution in [0.3, 0.4) is 0 Å². The summed E-state index contributed by atoms with van der Waals surface area (Å²) in [7, 11) is 1.48. The summed E-state index contributed by atoms with van der Waals surface area (Å²) in [6.07, 6.45) is -11.3. The summed E-state index contributed by atoms with van der Waals surface area (Å²) in [5.74, 6) is -14.1. The monoisotopic (exact) mass is 1650 g/mol. The van der Waals surface area contributed by atoms with Crippen LogP contribution in [0.25, 0.3) is 11.1 Å². The lowest BCUT2D eigenvalue weighted by Gasteiger charge is -2.47. The summed E-state index contributed by atoms with van der Waals surface area (Å²) >= 11 is 16.0. The highest BCUT2D eigenvalue weighted by atomic mass is 35.5. The zero-order valence-corrected chi connectivity index (χ0v) is 65.7. The minimum absolute atomic E-state index is 0.0975. The number of aliphatic hydroxyl groups is 5. The number of halogens is 2. The van der Waals surface area contributed by atoms with Crippen LogP contribution in [0, 0.1) is 5.92 Å². The van der Waals surface area contributed by atoms with Gasteiger partial charge >= 0.3 is 5.97 Å². The van der Waals surface area contributed by atoms with Crippen molar-refractivity contribution in [3.05, 3.63) is 116 Å². The Hall–Kier alpha value is -8.89. The van der Waals surface area contributed by atoms with Gasteiger partial charge in [-0.15, -0.1) is 0 Å². The van der Waals surface area contributed by atoms with Gasteiger partial charge in [-0.1, -0.05) is 94.3 Å². The quantitative estimate of drug-likeness (QED) is 0.0373. The molecule has 5 aromatic carbocycles. The number of fused-ring (bicyclic) bond motifs is 15. The van der Waals surface area contributed by atoms with E-state index in [1.54, 1.807) is 11.8 Å². The average Bonchev–Trinajstić information content (AvgIpc) is 0.746. The highest BCUT2D eigenvalue weighted by Crippen LogP contribution is 2.51. The van der Waals surface area contributed by atoms with Gasteiger partial charge in [-0.05, 0) is 122 Å². The Labute approximate surface area is 670 Å². The number of carboxylic acid groups (broad SMARTS) is 1. The van der Waals surface area contributed by atoms with Crippen LogP contribution in [0.2, 0.25) is 10.0 Å². The number of aromatic hydroxyl groups is 3. The number of hydrogen-bond donors (Lipinski definition) is 20. The third-order valence-corrected chi connectivity index (χ3v) is 22.1. The van der Waals surface area contributed by atoms with Gasteiger partial charge < -0.3 is 134 Å². The number of carbonyl (C=O) groups is 8. The van der Waals surface area contributed by atoms with E-state index in [4.69, 9.17) is 68.8 Å². The van der Waals surface area contributed by atoms with Crippen LogP contribution < -0.4 is 73.9 Å². The largest absolute Gasteiger partial charge is 0.507 e. The second-order valence-corrected chi connectivity index (χ2v) is 31.6. The lowest BCUT2D eigenvalue weighted by molar-refractivity contribution is -0.330. The summed E-state index contributed by atoms with van der Waals surface area (Å²) in [5, 5.41) is 127. The molecule has 114 heavy (non-hydrogen) atoms. The minimum atomic E-state index is -2.34. The molecule has 7 heterocycles. The first kappa shape index (κ1) is 87.5. The second kappa shape index (κ2) is 38.3. The maximum absolute atomic E-state index is 16.3.